The second-order valence-corrected chi connectivity index (χ2v) is 6.64. The van der Waals surface area contributed by atoms with E-state index in [2.05, 4.69) is 26.8 Å². The van der Waals surface area contributed by atoms with E-state index < -0.39 is 0 Å². The maximum atomic E-state index is 11.3. The summed E-state index contributed by atoms with van der Waals surface area (Å²) in [7, 11) is 0. The SMILES string of the molecule is CCOC(=O)CCSC1C=C(C)CCC1C(C)C. The van der Waals surface area contributed by atoms with E-state index in [-0.39, 0.29) is 5.97 Å². The number of esters is 1. The van der Waals surface area contributed by atoms with Crippen molar-refractivity contribution in [2.24, 2.45) is 11.8 Å². The van der Waals surface area contributed by atoms with Crippen molar-refractivity contribution in [3.63, 3.8) is 0 Å². The van der Waals surface area contributed by atoms with E-state index in [4.69, 9.17) is 4.74 Å². The van der Waals surface area contributed by atoms with E-state index in [1.807, 2.05) is 18.7 Å². The van der Waals surface area contributed by atoms with Gasteiger partial charge in [0.1, 0.15) is 0 Å². The van der Waals surface area contributed by atoms with Crippen LogP contribution in [0, 0.1) is 11.8 Å². The minimum absolute atomic E-state index is 0.0670. The van der Waals surface area contributed by atoms with Crippen LogP contribution in [0.4, 0.5) is 0 Å². The average Bonchev–Trinajstić information content (AvgIpc) is 2.29. The molecule has 0 aromatic carbocycles. The number of hydrogen-bond donors (Lipinski definition) is 0. The van der Waals surface area contributed by atoms with E-state index in [1.165, 1.54) is 18.4 Å². The maximum Gasteiger partial charge on any atom is 0.306 e. The number of thioether (sulfide) groups is 1. The Morgan fingerprint density at radius 2 is 2.28 bits per heavy atom. The summed E-state index contributed by atoms with van der Waals surface area (Å²) in [6.07, 6.45) is 5.46. The van der Waals surface area contributed by atoms with Gasteiger partial charge in [0, 0.05) is 11.0 Å². The molecule has 1 aliphatic carbocycles. The zero-order valence-corrected chi connectivity index (χ0v) is 12.9. The molecule has 0 saturated heterocycles. The first-order valence-electron chi connectivity index (χ1n) is 6.99. The minimum atomic E-state index is -0.0670. The Balaban J connectivity index is 2.42. The summed E-state index contributed by atoms with van der Waals surface area (Å²) in [6, 6.07) is 0. The quantitative estimate of drug-likeness (QED) is 0.538. The lowest BCUT2D eigenvalue weighted by atomic mass is 9.82. The Bertz CT molecular complexity index is 297. The molecule has 0 fully saturated rings. The van der Waals surface area contributed by atoms with Gasteiger partial charge in [0.2, 0.25) is 0 Å². The zero-order valence-electron chi connectivity index (χ0n) is 12.1. The van der Waals surface area contributed by atoms with Crippen LogP contribution in [0.2, 0.25) is 0 Å². The van der Waals surface area contributed by atoms with E-state index in [1.54, 1.807) is 0 Å². The monoisotopic (exact) mass is 270 g/mol. The third kappa shape index (κ3) is 5.05. The fourth-order valence-corrected chi connectivity index (χ4v) is 4.02. The Hall–Kier alpha value is -0.440. The number of ether oxygens (including phenoxy) is 1. The van der Waals surface area contributed by atoms with Crippen molar-refractivity contribution in [3.8, 4) is 0 Å². The van der Waals surface area contributed by atoms with Crippen molar-refractivity contribution in [3.05, 3.63) is 11.6 Å². The molecule has 2 atom stereocenters. The fraction of sp³-hybridized carbons (Fsp3) is 0.800. The first-order valence-corrected chi connectivity index (χ1v) is 8.04. The second-order valence-electron chi connectivity index (χ2n) is 5.35. The molecule has 2 nitrogen and oxygen atoms in total. The molecule has 1 rings (SSSR count). The van der Waals surface area contributed by atoms with Crippen molar-refractivity contribution in [2.45, 2.75) is 52.2 Å². The van der Waals surface area contributed by atoms with Crippen molar-refractivity contribution < 1.29 is 9.53 Å². The van der Waals surface area contributed by atoms with Crippen molar-refractivity contribution in [1.29, 1.82) is 0 Å². The Morgan fingerprint density at radius 1 is 1.56 bits per heavy atom. The number of hydrogen-bond acceptors (Lipinski definition) is 3. The number of rotatable bonds is 6. The van der Waals surface area contributed by atoms with Gasteiger partial charge in [-0.25, -0.2) is 0 Å². The molecule has 0 saturated carbocycles. The topological polar surface area (TPSA) is 26.3 Å². The molecule has 0 radical (unpaired) electrons. The van der Waals surface area contributed by atoms with Crippen LogP contribution in [-0.4, -0.2) is 23.6 Å². The lowest BCUT2D eigenvalue weighted by Gasteiger charge is -2.32. The van der Waals surface area contributed by atoms with Crippen molar-refractivity contribution in [2.75, 3.05) is 12.4 Å². The van der Waals surface area contributed by atoms with Crippen LogP contribution in [0.15, 0.2) is 11.6 Å². The van der Waals surface area contributed by atoms with Crippen LogP contribution in [0.1, 0.15) is 47.0 Å². The third-order valence-corrected chi connectivity index (χ3v) is 4.83. The van der Waals surface area contributed by atoms with E-state index in [0.29, 0.717) is 18.3 Å². The van der Waals surface area contributed by atoms with Gasteiger partial charge in [-0.05, 0) is 38.5 Å². The van der Waals surface area contributed by atoms with E-state index in [9.17, 15) is 4.79 Å². The van der Waals surface area contributed by atoms with Gasteiger partial charge in [0.15, 0.2) is 0 Å². The van der Waals surface area contributed by atoms with E-state index in [0.717, 1.165) is 17.6 Å². The standard InChI is InChI=1S/C15H26O2S/c1-5-17-15(16)8-9-18-14-10-12(4)6-7-13(14)11(2)3/h10-11,13-14H,5-9H2,1-4H3. The summed E-state index contributed by atoms with van der Waals surface area (Å²) in [6.45, 7) is 9.17. The molecule has 18 heavy (non-hydrogen) atoms. The average molecular weight is 270 g/mol. The summed E-state index contributed by atoms with van der Waals surface area (Å²) >= 11 is 1.91. The highest BCUT2D eigenvalue weighted by molar-refractivity contribution is 8.00. The summed E-state index contributed by atoms with van der Waals surface area (Å²) in [5.74, 6) is 2.27. The summed E-state index contributed by atoms with van der Waals surface area (Å²) < 4.78 is 4.96. The molecule has 0 bridgehead atoms. The van der Waals surface area contributed by atoms with Crippen LogP contribution in [0.3, 0.4) is 0 Å². The molecule has 0 aromatic heterocycles. The highest BCUT2D eigenvalue weighted by atomic mass is 32.2. The molecule has 1 aliphatic rings. The Morgan fingerprint density at radius 3 is 2.89 bits per heavy atom. The molecule has 0 aliphatic heterocycles. The van der Waals surface area contributed by atoms with Crippen LogP contribution in [0.25, 0.3) is 0 Å². The third-order valence-electron chi connectivity index (χ3n) is 3.52. The molecule has 0 spiro atoms. The first-order chi connectivity index (χ1) is 8.54. The molecule has 3 heteroatoms. The smallest absolute Gasteiger partial charge is 0.306 e. The number of allylic oxidation sites excluding steroid dienone is 1. The van der Waals surface area contributed by atoms with Crippen LogP contribution in [0.5, 0.6) is 0 Å². The molecule has 0 amide bonds. The summed E-state index contributed by atoms with van der Waals surface area (Å²) in [5.41, 5.74) is 1.50. The second kappa shape index (κ2) is 7.88. The van der Waals surface area contributed by atoms with Crippen molar-refractivity contribution in [1.82, 2.24) is 0 Å². The molecule has 2 unspecified atom stereocenters. The summed E-state index contributed by atoms with van der Waals surface area (Å²) in [4.78, 5) is 11.3. The van der Waals surface area contributed by atoms with Crippen molar-refractivity contribution >= 4 is 17.7 Å². The zero-order chi connectivity index (χ0) is 13.5. The van der Waals surface area contributed by atoms with Crippen LogP contribution < -0.4 is 0 Å². The molecule has 0 aromatic rings. The van der Waals surface area contributed by atoms with Crippen LogP contribution >= 0.6 is 11.8 Å². The fourth-order valence-electron chi connectivity index (χ4n) is 2.44. The van der Waals surface area contributed by atoms with Gasteiger partial charge in [-0.3, -0.25) is 4.79 Å². The number of carbonyl (C=O) groups excluding carboxylic acids is 1. The Labute approximate surface area is 116 Å². The van der Waals surface area contributed by atoms with Gasteiger partial charge in [-0.1, -0.05) is 25.5 Å². The van der Waals surface area contributed by atoms with Gasteiger partial charge >= 0.3 is 5.97 Å². The largest absolute Gasteiger partial charge is 0.466 e. The molecule has 0 heterocycles. The van der Waals surface area contributed by atoms with E-state index >= 15 is 0 Å². The van der Waals surface area contributed by atoms with Gasteiger partial charge in [0.25, 0.3) is 0 Å². The van der Waals surface area contributed by atoms with Gasteiger partial charge in [0.05, 0.1) is 13.0 Å². The first kappa shape index (κ1) is 15.6. The highest BCUT2D eigenvalue weighted by Gasteiger charge is 2.26. The number of carbonyl (C=O) groups is 1. The van der Waals surface area contributed by atoms with Gasteiger partial charge < -0.3 is 4.74 Å². The molecule has 0 N–H and O–H groups in total. The predicted molar refractivity (Wildman–Crippen MR) is 78.8 cm³/mol. The lowest BCUT2D eigenvalue weighted by Crippen LogP contribution is -2.25. The van der Waals surface area contributed by atoms with Crippen LogP contribution in [-0.2, 0) is 9.53 Å². The maximum absolute atomic E-state index is 11.3. The molecule has 104 valence electrons. The highest BCUT2D eigenvalue weighted by Crippen LogP contribution is 2.36. The summed E-state index contributed by atoms with van der Waals surface area (Å²) in [5, 5.41) is 0.577. The normalized spacial score (nSPS) is 23.9. The van der Waals surface area contributed by atoms with Gasteiger partial charge in [-0.15, -0.1) is 0 Å². The minimum Gasteiger partial charge on any atom is -0.466 e. The Kier molecular flexibility index (Phi) is 6.83. The lowest BCUT2D eigenvalue weighted by molar-refractivity contribution is -0.142. The molecular weight excluding hydrogens is 244 g/mol. The van der Waals surface area contributed by atoms with Gasteiger partial charge in [-0.2, -0.15) is 11.8 Å². The predicted octanol–water partition coefficient (Wildman–Crippen LogP) is 4.05. The molecular formula is C15H26O2S.